The minimum atomic E-state index is -0.290. The van der Waals surface area contributed by atoms with Crippen molar-refractivity contribution in [3.05, 3.63) is 60.7 Å². The summed E-state index contributed by atoms with van der Waals surface area (Å²) >= 11 is 0. The molecule has 0 atom stereocenters. The summed E-state index contributed by atoms with van der Waals surface area (Å²) in [4.78, 5) is 13.3. The molecule has 0 fully saturated rings. The van der Waals surface area contributed by atoms with Crippen LogP contribution < -0.4 is 11.1 Å². The number of benzene rings is 1. The summed E-state index contributed by atoms with van der Waals surface area (Å²) in [5.74, 6) is 0.571. The lowest BCUT2D eigenvalue weighted by Gasteiger charge is -2.10. The molecule has 1 aromatic carbocycles. The number of aromatic nitrogens is 4. The Bertz CT molecular complexity index is 1060. The maximum Gasteiger partial charge on any atom is 0.231 e. The third-order valence-electron chi connectivity index (χ3n) is 3.91. The maximum atomic E-state index is 13.3. The summed E-state index contributed by atoms with van der Waals surface area (Å²) in [5.41, 5.74) is 8.70. The molecule has 3 aromatic heterocycles. The number of anilines is 3. The summed E-state index contributed by atoms with van der Waals surface area (Å²) < 4.78 is 15.2. The van der Waals surface area contributed by atoms with Crippen LogP contribution in [0, 0.1) is 5.82 Å². The van der Waals surface area contributed by atoms with E-state index < -0.39 is 0 Å². The molecule has 7 heteroatoms. The van der Waals surface area contributed by atoms with Crippen LogP contribution in [0.5, 0.6) is 0 Å². The predicted octanol–water partition coefficient (Wildman–Crippen LogP) is 3.50. The molecule has 0 aliphatic rings. The van der Waals surface area contributed by atoms with Gasteiger partial charge in [0, 0.05) is 30.4 Å². The number of nitrogens with one attached hydrogen (secondary N) is 1. The standard InChI is InChI=1S/C18H15FN6/c1-25-10-8-13-15(11-4-6-12(19)7-5-11)22-18(24-17(13)25)23-16-14(20)3-2-9-21-16/h2-10H,20H2,1H3,(H,21,22,23,24). The summed E-state index contributed by atoms with van der Waals surface area (Å²) in [7, 11) is 1.91. The topological polar surface area (TPSA) is 81.7 Å². The molecule has 0 saturated carbocycles. The number of halogens is 1. The van der Waals surface area contributed by atoms with Gasteiger partial charge in [0.05, 0.1) is 11.4 Å². The Labute approximate surface area is 143 Å². The number of aryl methyl sites for hydroxylation is 1. The first-order chi connectivity index (χ1) is 12.1. The van der Waals surface area contributed by atoms with Gasteiger partial charge in [-0.2, -0.15) is 4.98 Å². The molecule has 4 aromatic rings. The van der Waals surface area contributed by atoms with Crippen molar-refractivity contribution in [2.75, 3.05) is 11.1 Å². The molecule has 124 valence electrons. The number of hydrogen-bond donors (Lipinski definition) is 2. The van der Waals surface area contributed by atoms with Crippen LogP contribution in [0.15, 0.2) is 54.9 Å². The van der Waals surface area contributed by atoms with E-state index in [4.69, 9.17) is 5.73 Å². The van der Waals surface area contributed by atoms with Crippen molar-refractivity contribution >= 4 is 28.5 Å². The van der Waals surface area contributed by atoms with Gasteiger partial charge in [-0.3, -0.25) is 0 Å². The van der Waals surface area contributed by atoms with E-state index in [1.165, 1.54) is 12.1 Å². The Hall–Kier alpha value is -3.48. The summed E-state index contributed by atoms with van der Waals surface area (Å²) in [6, 6.07) is 11.7. The Morgan fingerprint density at radius 2 is 1.88 bits per heavy atom. The van der Waals surface area contributed by atoms with Crippen molar-refractivity contribution in [3.63, 3.8) is 0 Å². The van der Waals surface area contributed by atoms with E-state index in [0.29, 0.717) is 23.1 Å². The van der Waals surface area contributed by atoms with Gasteiger partial charge in [0.15, 0.2) is 5.82 Å². The van der Waals surface area contributed by atoms with Crippen molar-refractivity contribution in [1.29, 1.82) is 0 Å². The lowest BCUT2D eigenvalue weighted by atomic mass is 10.1. The van der Waals surface area contributed by atoms with Gasteiger partial charge in [-0.1, -0.05) is 0 Å². The van der Waals surface area contributed by atoms with Crippen LogP contribution in [0.1, 0.15) is 0 Å². The van der Waals surface area contributed by atoms with Crippen LogP contribution in [0.2, 0.25) is 0 Å². The fraction of sp³-hybridized carbons (Fsp3) is 0.0556. The number of nitrogens with two attached hydrogens (primary N) is 1. The average molecular weight is 334 g/mol. The van der Waals surface area contributed by atoms with Crippen molar-refractivity contribution < 1.29 is 4.39 Å². The molecule has 3 heterocycles. The van der Waals surface area contributed by atoms with Crippen LogP contribution in [-0.4, -0.2) is 19.5 Å². The summed E-state index contributed by atoms with van der Waals surface area (Å²) in [6.45, 7) is 0. The zero-order chi connectivity index (χ0) is 17.4. The fourth-order valence-electron chi connectivity index (χ4n) is 2.65. The van der Waals surface area contributed by atoms with Gasteiger partial charge >= 0.3 is 0 Å². The quantitative estimate of drug-likeness (QED) is 0.599. The second-order valence-corrected chi connectivity index (χ2v) is 5.63. The normalized spacial score (nSPS) is 11.0. The molecule has 0 radical (unpaired) electrons. The first-order valence-corrected chi connectivity index (χ1v) is 7.68. The first kappa shape index (κ1) is 15.1. The highest BCUT2D eigenvalue weighted by molar-refractivity contribution is 5.92. The molecular formula is C18H15FN6. The molecule has 0 bridgehead atoms. The Balaban J connectivity index is 1.87. The largest absolute Gasteiger partial charge is 0.396 e. The molecule has 0 saturated heterocycles. The summed E-state index contributed by atoms with van der Waals surface area (Å²) in [6.07, 6.45) is 3.55. The van der Waals surface area contributed by atoms with Gasteiger partial charge in [0.1, 0.15) is 11.5 Å². The molecule has 0 amide bonds. The van der Waals surface area contributed by atoms with E-state index in [2.05, 4.69) is 20.3 Å². The Morgan fingerprint density at radius 1 is 1.08 bits per heavy atom. The number of hydrogen-bond acceptors (Lipinski definition) is 5. The number of pyridine rings is 1. The minimum absolute atomic E-state index is 0.290. The number of fused-ring (bicyclic) bond motifs is 1. The van der Waals surface area contributed by atoms with Gasteiger partial charge in [-0.05, 0) is 42.5 Å². The van der Waals surface area contributed by atoms with Crippen LogP contribution in [-0.2, 0) is 7.05 Å². The van der Waals surface area contributed by atoms with Crippen LogP contribution in [0.25, 0.3) is 22.3 Å². The fourth-order valence-corrected chi connectivity index (χ4v) is 2.65. The maximum absolute atomic E-state index is 13.3. The van der Waals surface area contributed by atoms with Gasteiger partial charge in [-0.25, -0.2) is 14.4 Å². The second kappa shape index (κ2) is 5.86. The lowest BCUT2D eigenvalue weighted by molar-refractivity contribution is 0.628. The molecule has 3 N–H and O–H groups in total. The minimum Gasteiger partial charge on any atom is -0.396 e. The number of nitrogen functional groups attached to an aromatic ring is 1. The Morgan fingerprint density at radius 3 is 2.64 bits per heavy atom. The van der Waals surface area contributed by atoms with E-state index in [1.54, 1.807) is 30.5 Å². The van der Waals surface area contributed by atoms with Crippen LogP contribution in [0.4, 0.5) is 21.8 Å². The zero-order valence-corrected chi connectivity index (χ0v) is 13.4. The van der Waals surface area contributed by atoms with Gasteiger partial charge in [0.2, 0.25) is 5.95 Å². The molecule has 0 unspecified atom stereocenters. The monoisotopic (exact) mass is 334 g/mol. The highest BCUT2D eigenvalue weighted by Crippen LogP contribution is 2.29. The van der Waals surface area contributed by atoms with E-state index in [1.807, 2.05) is 23.9 Å². The van der Waals surface area contributed by atoms with Crippen molar-refractivity contribution in [3.8, 4) is 11.3 Å². The molecular weight excluding hydrogens is 319 g/mol. The predicted molar refractivity (Wildman–Crippen MR) is 95.8 cm³/mol. The average Bonchev–Trinajstić information content (AvgIpc) is 2.98. The second-order valence-electron chi connectivity index (χ2n) is 5.63. The van der Waals surface area contributed by atoms with E-state index in [9.17, 15) is 4.39 Å². The number of rotatable bonds is 3. The third kappa shape index (κ3) is 2.76. The zero-order valence-electron chi connectivity index (χ0n) is 13.4. The van der Waals surface area contributed by atoms with Gasteiger partial charge in [0.25, 0.3) is 0 Å². The van der Waals surface area contributed by atoms with E-state index in [0.717, 1.165) is 16.6 Å². The van der Waals surface area contributed by atoms with E-state index in [-0.39, 0.29) is 5.82 Å². The van der Waals surface area contributed by atoms with Crippen LogP contribution in [0.3, 0.4) is 0 Å². The first-order valence-electron chi connectivity index (χ1n) is 7.68. The Kier molecular flexibility index (Phi) is 3.53. The molecule has 0 aliphatic carbocycles. The van der Waals surface area contributed by atoms with Gasteiger partial charge < -0.3 is 15.6 Å². The molecule has 0 aliphatic heterocycles. The van der Waals surface area contributed by atoms with Crippen molar-refractivity contribution in [2.24, 2.45) is 7.05 Å². The lowest BCUT2D eigenvalue weighted by Crippen LogP contribution is -2.04. The summed E-state index contributed by atoms with van der Waals surface area (Å²) in [5, 5.41) is 3.94. The highest BCUT2D eigenvalue weighted by Gasteiger charge is 2.13. The highest BCUT2D eigenvalue weighted by atomic mass is 19.1. The van der Waals surface area contributed by atoms with Gasteiger partial charge in [-0.15, -0.1) is 0 Å². The third-order valence-corrected chi connectivity index (χ3v) is 3.91. The molecule has 6 nitrogen and oxygen atoms in total. The van der Waals surface area contributed by atoms with Crippen LogP contribution >= 0.6 is 0 Å². The molecule has 25 heavy (non-hydrogen) atoms. The SMILES string of the molecule is Cn1ccc2c(-c3ccc(F)cc3)nc(Nc3ncccc3N)nc21. The smallest absolute Gasteiger partial charge is 0.231 e. The van der Waals surface area contributed by atoms with E-state index >= 15 is 0 Å². The molecule has 0 spiro atoms. The van der Waals surface area contributed by atoms with Crippen molar-refractivity contribution in [2.45, 2.75) is 0 Å². The molecule has 4 rings (SSSR count). The number of nitrogens with zero attached hydrogens (tertiary/aromatic N) is 4. The van der Waals surface area contributed by atoms with Crippen molar-refractivity contribution in [1.82, 2.24) is 19.5 Å².